The van der Waals surface area contributed by atoms with Gasteiger partial charge >= 0.3 is 0 Å². The van der Waals surface area contributed by atoms with E-state index in [0.717, 1.165) is 5.56 Å². The molecule has 0 spiro atoms. The zero-order valence-electron chi connectivity index (χ0n) is 17.3. The molecule has 1 saturated heterocycles. The van der Waals surface area contributed by atoms with Gasteiger partial charge in [0.25, 0.3) is 11.8 Å². The summed E-state index contributed by atoms with van der Waals surface area (Å²) in [6.45, 7) is 5.26. The van der Waals surface area contributed by atoms with Gasteiger partial charge in [-0.25, -0.2) is 4.90 Å². The van der Waals surface area contributed by atoms with Crippen LogP contribution >= 0.6 is 11.6 Å². The predicted molar refractivity (Wildman–Crippen MR) is 119 cm³/mol. The highest BCUT2D eigenvalue weighted by Gasteiger charge is 2.43. The molecule has 0 aromatic heterocycles. The Morgan fingerprint density at radius 1 is 1.03 bits per heavy atom. The third-order valence-electron chi connectivity index (χ3n) is 5.28. The Bertz CT molecular complexity index is 1090. The normalized spacial score (nSPS) is 16.9. The van der Waals surface area contributed by atoms with Gasteiger partial charge in [0.05, 0.1) is 24.5 Å². The summed E-state index contributed by atoms with van der Waals surface area (Å²) in [5.41, 5.74) is 3.19. The van der Waals surface area contributed by atoms with E-state index in [1.54, 1.807) is 42.5 Å². The molecule has 0 saturated carbocycles. The van der Waals surface area contributed by atoms with Crippen LogP contribution in [0.5, 0.6) is 0 Å². The molecule has 0 atom stereocenters. The summed E-state index contributed by atoms with van der Waals surface area (Å²) in [5, 5.41) is 3.25. The number of hydrogen-bond acceptors (Lipinski definition) is 5. The first kappa shape index (κ1) is 21.1. The molecule has 3 amide bonds. The van der Waals surface area contributed by atoms with Gasteiger partial charge in [0.2, 0.25) is 5.91 Å². The average Bonchev–Trinajstić information content (AvgIpc) is 2.99. The molecule has 0 unspecified atom stereocenters. The average molecular weight is 440 g/mol. The summed E-state index contributed by atoms with van der Waals surface area (Å²) in [5.74, 6) is -0.931. The number of carbonyl (C=O) groups is 3. The van der Waals surface area contributed by atoms with Crippen molar-refractivity contribution in [3.05, 3.63) is 64.3 Å². The summed E-state index contributed by atoms with van der Waals surface area (Å²) < 4.78 is 5.43. The van der Waals surface area contributed by atoms with Crippen molar-refractivity contribution in [1.82, 2.24) is 4.90 Å². The molecule has 4 rings (SSSR count). The molecule has 0 bridgehead atoms. The molecule has 1 fully saturated rings. The van der Waals surface area contributed by atoms with E-state index in [0.29, 0.717) is 59.5 Å². The maximum absolute atomic E-state index is 13.6. The third-order valence-corrected chi connectivity index (χ3v) is 5.52. The summed E-state index contributed by atoms with van der Waals surface area (Å²) in [7, 11) is 0. The Labute approximate surface area is 185 Å². The molecule has 8 heteroatoms. The predicted octanol–water partition coefficient (Wildman–Crippen LogP) is 3.22. The summed E-state index contributed by atoms with van der Waals surface area (Å²) in [6, 6.07) is 12.0. The van der Waals surface area contributed by atoms with Crippen molar-refractivity contribution in [1.29, 1.82) is 0 Å². The highest BCUT2D eigenvalue weighted by molar-refractivity contribution is 6.45. The van der Waals surface area contributed by atoms with Gasteiger partial charge in [-0.3, -0.25) is 14.4 Å². The van der Waals surface area contributed by atoms with E-state index in [-0.39, 0.29) is 17.7 Å². The van der Waals surface area contributed by atoms with E-state index in [1.165, 1.54) is 11.8 Å². The van der Waals surface area contributed by atoms with Gasteiger partial charge in [-0.2, -0.15) is 0 Å². The number of nitrogens with zero attached hydrogens (tertiary/aromatic N) is 2. The first-order valence-corrected chi connectivity index (χ1v) is 10.3. The Kier molecular flexibility index (Phi) is 5.80. The van der Waals surface area contributed by atoms with E-state index in [9.17, 15) is 14.4 Å². The van der Waals surface area contributed by atoms with Crippen molar-refractivity contribution in [3.63, 3.8) is 0 Å². The third kappa shape index (κ3) is 4.06. The van der Waals surface area contributed by atoms with Crippen LogP contribution in [0.3, 0.4) is 0 Å². The van der Waals surface area contributed by atoms with E-state index in [2.05, 4.69) is 5.32 Å². The SMILES string of the molecule is CC(=O)Nc1ccc(C2=C(N3CCOCC3)C(=O)N(c3ccc(Cl)cc3C)C2=O)cc1. The van der Waals surface area contributed by atoms with Gasteiger partial charge in [-0.15, -0.1) is 0 Å². The zero-order valence-corrected chi connectivity index (χ0v) is 18.0. The number of carbonyl (C=O) groups excluding carboxylic acids is 3. The van der Waals surface area contributed by atoms with E-state index >= 15 is 0 Å². The number of hydrogen-bond donors (Lipinski definition) is 1. The van der Waals surface area contributed by atoms with Crippen LogP contribution in [0.25, 0.3) is 5.57 Å². The minimum Gasteiger partial charge on any atom is -0.378 e. The minimum absolute atomic E-state index is 0.183. The number of amides is 3. The molecule has 1 N–H and O–H groups in total. The van der Waals surface area contributed by atoms with Gasteiger partial charge < -0.3 is 15.0 Å². The van der Waals surface area contributed by atoms with Crippen LogP contribution in [0.4, 0.5) is 11.4 Å². The molecule has 2 aliphatic rings. The summed E-state index contributed by atoms with van der Waals surface area (Å²) >= 11 is 6.07. The summed E-state index contributed by atoms with van der Waals surface area (Å²) in [4.78, 5) is 41.5. The lowest BCUT2D eigenvalue weighted by atomic mass is 10.0. The van der Waals surface area contributed by atoms with Crippen molar-refractivity contribution in [2.24, 2.45) is 0 Å². The Hall–Kier alpha value is -3.16. The molecule has 0 radical (unpaired) electrons. The topological polar surface area (TPSA) is 79.0 Å². The van der Waals surface area contributed by atoms with Crippen LogP contribution in [0.15, 0.2) is 48.2 Å². The molecule has 2 aromatic rings. The van der Waals surface area contributed by atoms with E-state index in [1.807, 2.05) is 11.8 Å². The van der Waals surface area contributed by atoms with Crippen molar-refractivity contribution < 1.29 is 19.1 Å². The number of ether oxygens (including phenoxy) is 1. The molecular weight excluding hydrogens is 418 g/mol. The largest absolute Gasteiger partial charge is 0.378 e. The van der Waals surface area contributed by atoms with Crippen molar-refractivity contribution in [2.75, 3.05) is 36.5 Å². The second kappa shape index (κ2) is 8.53. The van der Waals surface area contributed by atoms with Crippen molar-refractivity contribution in [3.8, 4) is 0 Å². The number of imide groups is 1. The van der Waals surface area contributed by atoms with Gasteiger partial charge in [0, 0.05) is 30.7 Å². The van der Waals surface area contributed by atoms with Crippen molar-refractivity contribution in [2.45, 2.75) is 13.8 Å². The Morgan fingerprint density at radius 3 is 2.32 bits per heavy atom. The van der Waals surface area contributed by atoms with Crippen LogP contribution in [0, 0.1) is 6.92 Å². The number of rotatable bonds is 4. The lowest BCUT2D eigenvalue weighted by Crippen LogP contribution is -2.40. The molecule has 31 heavy (non-hydrogen) atoms. The van der Waals surface area contributed by atoms with Crippen LogP contribution in [-0.4, -0.2) is 48.9 Å². The fraction of sp³-hybridized carbons (Fsp3) is 0.261. The Balaban J connectivity index is 1.79. The molecule has 2 aromatic carbocycles. The zero-order chi connectivity index (χ0) is 22.1. The van der Waals surface area contributed by atoms with Gasteiger partial charge in [-0.1, -0.05) is 23.7 Å². The lowest BCUT2D eigenvalue weighted by molar-refractivity contribution is -0.121. The molecule has 7 nitrogen and oxygen atoms in total. The minimum atomic E-state index is -0.385. The first-order chi connectivity index (χ1) is 14.9. The number of aryl methyl sites for hydroxylation is 1. The van der Waals surface area contributed by atoms with Crippen LogP contribution in [0.2, 0.25) is 5.02 Å². The number of benzene rings is 2. The maximum Gasteiger partial charge on any atom is 0.282 e. The van der Waals surface area contributed by atoms with Crippen LogP contribution in [0.1, 0.15) is 18.1 Å². The summed E-state index contributed by atoms with van der Waals surface area (Å²) in [6.07, 6.45) is 0. The highest BCUT2D eigenvalue weighted by Crippen LogP contribution is 2.37. The molecular formula is C23H22ClN3O4. The fourth-order valence-corrected chi connectivity index (χ4v) is 4.10. The maximum atomic E-state index is 13.6. The van der Waals surface area contributed by atoms with Crippen LogP contribution < -0.4 is 10.2 Å². The fourth-order valence-electron chi connectivity index (χ4n) is 3.87. The highest BCUT2D eigenvalue weighted by atomic mass is 35.5. The monoisotopic (exact) mass is 439 g/mol. The molecule has 2 heterocycles. The number of halogens is 1. The standard InChI is InChI=1S/C23H22ClN3O4/c1-14-13-17(24)5-8-19(14)27-22(29)20(16-3-6-18(7-4-16)25-15(2)28)21(23(27)30)26-9-11-31-12-10-26/h3-8,13H,9-12H2,1-2H3,(H,25,28). The lowest BCUT2D eigenvalue weighted by Gasteiger charge is -2.29. The number of nitrogens with one attached hydrogen (secondary N) is 1. The van der Waals surface area contributed by atoms with E-state index < -0.39 is 0 Å². The Morgan fingerprint density at radius 2 is 1.71 bits per heavy atom. The second-order valence-corrected chi connectivity index (χ2v) is 7.89. The van der Waals surface area contributed by atoms with Crippen molar-refractivity contribution >= 4 is 46.3 Å². The number of morpholine rings is 1. The molecule has 0 aliphatic carbocycles. The van der Waals surface area contributed by atoms with Crippen LogP contribution in [-0.2, 0) is 19.1 Å². The molecule has 160 valence electrons. The van der Waals surface area contributed by atoms with Gasteiger partial charge in [-0.05, 0) is 48.4 Å². The number of anilines is 2. The smallest absolute Gasteiger partial charge is 0.282 e. The molecule has 2 aliphatic heterocycles. The quantitative estimate of drug-likeness (QED) is 0.740. The van der Waals surface area contributed by atoms with E-state index in [4.69, 9.17) is 16.3 Å². The van der Waals surface area contributed by atoms with Gasteiger partial charge in [0.1, 0.15) is 5.70 Å². The first-order valence-electron chi connectivity index (χ1n) is 9.96. The second-order valence-electron chi connectivity index (χ2n) is 7.46. The van der Waals surface area contributed by atoms with Gasteiger partial charge in [0.15, 0.2) is 0 Å².